The van der Waals surface area contributed by atoms with E-state index in [4.69, 9.17) is 0 Å². The van der Waals surface area contributed by atoms with Crippen LogP contribution in [0.2, 0.25) is 0 Å². The van der Waals surface area contributed by atoms with E-state index in [0.29, 0.717) is 0 Å². The molecule has 0 aliphatic heterocycles. The lowest BCUT2D eigenvalue weighted by Gasteiger charge is -2.16. The van der Waals surface area contributed by atoms with E-state index in [0.717, 1.165) is 18.2 Å². The molecule has 0 saturated heterocycles. The number of hydrogen-bond donors (Lipinski definition) is 0. The van der Waals surface area contributed by atoms with Gasteiger partial charge >= 0.3 is 0 Å². The molecule has 0 saturated carbocycles. The fourth-order valence-electron chi connectivity index (χ4n) is 1.12. The van der Waals surface area contributed by atoms with E-state index in [1.54, 1.807) is 20.8 Å². The molecule has 0 spiro atoms. The van der Waals surface area contributed by atoms with Crippen molar-refractivity contribution in [2.24, 2.45) is 5.41 Å². The van der Waals surface area contributed by atoms with Crippen LogP contribution in [0.25, 0.3) is 0 Å². The van der Waals surface area contributed by atoms with Crippen LogP contribution in [0.3, 0.4) is 0 Å². The molecule has 0 atom stereocenters. The number of rotatable bonds is 1. The van der Waals surface area contributed by atoms with Crippen LogP contribution >= 0.6 is 0 Å². The number of hydrogen-bond acceptors (Lipinski definition) is 1. The van der Waals surface area contributed by atoms with E-state index in [9.17, 15) is 13.6 Å². The lowest BCUT2D eigenvalue weighted by molar-refractivity contribution is 0.0857. The third kappa shape index (κ3) is 2.37. The van der Waals surface area contributed by atoms with Crippen molar-refractivity contribution in [3.05, 3.63) is 35.4 Å². The second-order valence-electron chi connectivity index (χ2n) is 4.24. The molecule has 1 aromatic rings. The predicted molar refractivity (Wildman–Crippen MR) is 50.1 cm³/mol. The summed E-state index contributed by atoms with van der Waals surface area (Å²) in [6.45, 7) is 5.12. The maximum Gasteiger partial charge on any atom is 0.168 e. The summed E-state index contributed by atoms with van der Waals surface area (Å²) < 4.78 is 25.6. The Labute approximate surface area is 81.7 Å². The van der Waals surface area contributed by atoms with Crippen LogP contribution in [0.1, 0.15) is 31.1 Å². The van der Waals surface area contributed by atoms with Gasteiger partial charge in [-0.1, -0.05) is 20.8 Å². The van der Waals surface area contributed by atoms with E-state index in [2.05, 4.69) is 0 Å². The largest absolute Gasteiger partial charge is 0.294 e. The van der Waals surface area contributed by atoms with E-state index in [1.807, 2.05) is 0 Å². The zero-order valence-corrected chi connectivity index (χ0v) is 8.40. The number of benzene rings is 1. The number of halogens is 2. The lowest BCUT2D eigenvalue weighted by atomic mass is 9.86. The first-order valence-electron chi connectivity index (χ1n) is 4.31. The molecule has 1 rings (SSSR count). The molecule has 0 heterocycles. The topological polar surface area (TPSA) is 17.1 Å². The molecule has 0 bridgehead atoms. The van der Waals surface area contributed by atoms with Crippen LogP contribution < -0.4 is 0 Å². The van der Waals surface area contributed by atoms with Crippen molar-refractivity contribution in [2.45, 2.75) is 20.8 Å². The summed E-state index contributed by atoms with van der Waals surface area (Å²) in [4.78, 5) is 11.6. The highest BCUT2D eigenvalue weighted by Gasteiger charge is 2.23. The average Bonchev–Trinajstić information content (AvgIpc) is 1.99. The highest BCUT2D eigenvalue weighted by molar-refractivity contribution is 5.99. The molecule has 0 aromatic heterocycles. The summed E-state index contributed by atoms with van der Waals surface area (Å²) >= 11 is 0. The first kappa shape index (κ1) is 10.8. The first-order chi connectivity index (χ1) is 6.30. The summed E-state index contributed by atoms with van der Waals surface area (Å²) in [6, 6.07) is 2.85. The van der Waals surface area contributed by atoms with Crippen LogP contribution in [0.5, 0.6) is 0 Å². The van der Waals surface area contributed by atoms with Crippen molar-refractivity contribution >= 4 is 5.78 Å². The molecular weight excluding hydrogens is 186 g/mol. The zero-order chi connectivity index (χ0) is 10.9. The Morgan fingerprint density at radius 3 is 1.86 bits per heavy atom. The van der Waals surface area contributed by atoms with Crippen LogP contribution in [0.4, 0.5) is 8.78 Å². The molecule has 0 fully saturated rings. The molecule has 0 aliphatic rings. The third-order valence-electron chi connectivity index (χ3n) is 1.81. The monoisotopic (exact) mass is 198 g/mol. The quantitative estimate of drug-likeness (QED) is 0.633. The van der Waals surface area contributed by atoms with Gasteiger partial charge in [-0.2, -0.15) is 0 Å². The number of ketones is 1. The lowest BCUT2D eigenvalue weighted by Crippen LogP contribution is -2.20. The fraction of sp³-hybridized carbons (Fsp3) is 0.364. The van der Waals surface area contributed by atoms with Gasteiger partial charge in [-0.3, -0.25) is 4.79 Å². The molecule has 14 heavy (non-hydrogen) atoms. The molecule has 0 radical (unpaired) electrons. The Bertz CT molecular complexity index is 344. The summed E-state index contributed by atoms with van der Waals surface area (Å²) in [7, 11) is 0. The zero-order valence-electron chi connectivity index (χ0n) is 8.40. The first-order valence-corrected chi connectivity index (χ1v) is 4.31. The van der Waals surface area contributed by atoms with E-state index in [1.165, 1.54) is 0 Å². The van der Waals surface area contributed by atoms with Crippen LogP contribution in [-0.4, -0.2) is 5.78 Å². The minimum Gasteiger partial charge on any atom is -0.294 e. The Balaban J connectivity index is 3.14. The van der Waals surface area contributed by atoms with Crippen molar-refractivity contribution in [1.82, 2.24) is 0 Å². The maximum atomic E-state index is 12.8. The summed E-state index contributed by atoms with van der Waals surface area (Å²) in [5, 5.41) is 0. The Kier molecular flexibility index (Phi) is 2.69. The normalized spacial score (nSPS) is 11.5. The minimum absolute atomic E-state index is 0.0787. The van der Waals surface area contributed by atoms with Crippen molar-refractivity contribution in [2.75, 3.05) is 0 Å². The number of Topliss-reactive ketones (excluding diaryl/α,β-unsaturated/α-hetero) is 1. The van der Waals surface area contributed by atoms with Gasteiger partial charge in [-0.05, 0) is 12.1 Å². The smallest absolute Gasteiger partial charge is 0.168 e. The Morgan fingerprint density at radius 1 is 1.07 bits per heavy atom. The maximum absolute atomic E-state index is 12.8. The SMILES string of the molecule is CC(C)(C)C(=O)c1cc(F)cc(F)c1. The van der Waals surface area contributed by atoms with Gasteiger partial charge in [0.25, 0.3) is 0 Å². The second-order valence-corrected chi connectivity index (χ2v) is 4.24. The molecule has 1 aromatic carbocycles. The van der Waals surface area contributed by atoms with Gasteiger partial charge in [-0.25, -0.2) is 8.78 Å². The molecule has 3 heteroatoms. The predicted octanol–water partition coefficient (Wildman–Crippen LogP) is 3.19. The summed E-state index contributed by atoms with van der Waals surface area (Å²) in [6.07, 6.45) is 0. The van der Waals surface area contributed by atoms with Crippen molar-refractivity contribution in [3.63, 3.8) is 0 Å². The summed E-state index contributed by atoms with van der Waals surface area (Å²) in [5.74, 6) is -1.72. The molecule has 1 nitrogen and oxygen atoms in total. The van der Waals surface area contributed by atoms with Crippen LogP contribution in [-0.2, 0) is 0 Å². The highest BCUT2D eigenvalue weighted by atomic mass is 19.1. The van der Waals surface area contributed by atoms with Gasteiger partial charge in [0.05, 0.1) is 0 Å². The molecule has 0 N–H and O–H groups in total. The van der Waals surface area contributed by atoms with Crippen LogP contribution in [0.15, 0.2) is 18.2 Å². The van der Waals surface area contributed by atoms with Gasteiger partial charge in [0.15, 0.2) is 5.78 Å². The average molecular weight is 198 g/mol. The molecule has 0 unspecified atom stereocenters. The van der Waals surface area contributed by atoms with Crippen molar-refractivity contribution in [3.8, 4) is 0 Å². The van der Waals surface area contributed by atoms with Crippen molar-refractivity contribution in [1.29, 1.82) is 0 Å². The van der Waals surface area contributed by atoms with Gasteiger partial charge < -0.3 is 0 Å². The highest BCUT2D eigenvalue weighted by Crippen LogP contribution is 2.21. The second kappa shape index (κ2) is 3.48. The van der Waals surface area contributed by atoms with E-state index in [-0.39, 0.29) is 11.3 Å². The summed E-state index contributed by atoms with van der Waals surface area (Å²) in [5.41, 5.74) is -0.546. The fourth-order valence-corrected chi connectivity index (χ4v) is 1.12. The minimum atomic E-state index is -0.724. The Morgan fingerprint density at radius 2 is 1.50 bits per heavy atom. The van der Waals surface area contributed by atoms with Gasteiger partial charge in [0.1, 0.15) is 11.6 Å². The van der Waals surface area contributed by atoms with Crippen LogP contribution in [0, 0.1) is 17.0 Å². The standard InChI is InChI=1S/C11H12F2O/c1-11(2,3)10(14)7-4-8(12)6-9(13)5-7/h4-6H,1-3H3. The molecule has 0 aliphatic carbocycles. The molecule has 76 valence electrons. The molecule has 0 amide bonds. The van der Waals surface area contributed by atoms with Crippen molar-refractivity contribution < 1.29 is 13.6 Å². The van der Waals surface area contributed by atoms with E-state index >= 15 is 0 Å². The van der Waals surface area contributed by atoms with E-state index < -0.39 is 17.0 Å². The third-order valence-corrected chi connectivity index (χ3v) is 1.81. The number of carbonyl (C=O) groups is 1. The van der Waals surface area contributed by atoms with Gasteiger partial charge in [0.2, 0.25) is 0 Å². The van der Waals surface area contributed by atoms with Gasteiger partial charge in [0, 0.05) is 17.0 Å². The Hall–Kier alpha value is -1.25. The number of carbonyl (C=O) groups excluding carboxylic acids is 1. The molecular formula is C11H12F2O. The van der Waals surface area contributed by atoms with Gasteiger partial charge in [-0.15, -0.1) is 0 Å².